The molecule has 6 heteroatoms. The minimum atomic E-state index is -0.255. The zero-order valence-corrected chi connectivity index (χ0v) is 17.4. The van der Waals surface area contributed by atoms with Gasteiger partial charge < -0.3 is 15.1 Å². The van der Waals surface area contributed by atoms with Crippen molar-refractivity contribution >= 4 is 28.3 Å². The highest BCUT2D eigenvalue weighted by molar-refractivity contribution is 5.91. The molecule has 1 N–H and O–H groups in total. The zero-order valence-electron chi connectivity index (χ0n) is 17.4. The second-order valence-corrected chi connectivity index (χ2v) is 7.79. The maximum Gasteiger partial charge on any atom is 0.242 e. The lowest BCUT2D eigenvalue weighted by Gasteiger charge is -2.24. The van der Waals surface area contributed by atoms with Gasteiger partial charge in [0, 0.05) is 31.9 Å². The highest BCUT2D eigenvalue weighted by atomic mass is 19.1. The van der Waals surface area contributed by atoms with Gasteiger partial charge in [-0.1, -0.05) is 42.5 Å². The van der Waals surface area contributed by atoms with E-state index in [1.54, 1.807) is 17.0 Å². The number of nitrogens with zero attached hydrogens (tertiary/aromatic N) is 2. The summed E-state index contributed by atoms with van der Waals surface area (Å²) >= 11 is 0. The molecule has 3 aromatic carbocycles. The SMILES string of the molecule is O=C(Cc1cccc2ccccc12)NCC(=O)N1CCCN(c2ccc(F)cc2)CC1. The van der Waals surface area contributed by atoms with E-state index in [9.17, 15) is 14.0 Å². The molecule has 0 aromatic heterocycles. The fourth-order valence-corrected chi connectivity index (χ4v) is 4.05. The van der Waals surface area contributed by atoms with Crippen molar-refractivity contribution in [3.05, 3.63) is 78.1 Å². The molecule has 1 saturated heterocycles. The number of hydrogen-bond donors (Lipinski definition) is 1. The van der Waals surface area contributed by atoms with Gasteiger partial charge >= 0.3 is 0 Å². The van der Waals surface area contributed by atoms with Crippen molar-refractivity contribution in [2.45, 2.75) is 12.8 Å². The van der Waals surface area contributed by atoms with E-state index in [2.05, 4.69) is 10.2 Å². The van der Waals surface area contributed by atoms with Crippen LogP contribution in [0.1, 0.15) is 12.0 Å². The minimum absolute atomic E-state index is 0.000146. The maximum absolute atomic E-state index is 13.2. The van der Waals surface area contributed by atoms with Crippen molar-refractivity contribution in [1.29, 1.82) is 0 Å². The van der Waals surface area contributed by atoms with E-state index in [4.69, 9.17) is 0 Å². The molecule has 4 rings (SSSR count). The smallest absolute Gasteiger partial charge is 0.242 e. The van der Waals surface area contributed by atoms with Gasteiger partial charge in [-0.2, -0.15) is 0 Å². The fourth-order valence-electron chi connectivity index (χ4n) is 4.05. The molecule has 3 aromatic rings. The van der Waals surface area contributed by atoms with Gasteiger partial charge in [-0.25, -0.2) is 4.39 Å². The summed E-state index contributed by atoms with van der Waals surface area (Å²) in [6, 6.07) is 20.3. The third kappa shape index (κ3) is 5.20. The largest absolute Gasteiger partial charge is 0.370 e. The molecule has 160 valence electrons. The lowest BCUT2D eigenvalue weighted by Crippen LogP contribution is -2.42. The Balaban J connectivity index is 1.29. The Morgan fingerprint density at radius 2 is 1.65 bits per heavy atom. The first-order valence-electron chi connectivity index (χ1n) is 10.6. The van der Waals surface area contributed by atoms with Crippen molar-refractivity contribution in [1.82, 2.24) is 10.2 Å². The van der Waals surface area contributed by atoms with Gasteiger partial charge in [0.15, 0.2) is 0 Å². The predicted molar refractivity (Wildman–Crippen MR) is 120 cm³/mol. The molecule has 1 aliphatic rings. The molecule has 2 amide bonds. The van der Waals surface area contributed by atoms with Crippen LogP contribution in [0.5, 0.6) is 0 Å². The normalized spacial score (nSPS) is 14.4. The van der Waals surface area contributed by atoms with Gasteiger partial charge in [-0.3, -0.25) is 9.59 Å². The topological polar surface area (TPSA) is 52.7 Å². The number of amides is 2. The first-order chi connectivity index (χ1) is 15.1. The van der Waals surface area contributed by atoms with Crippen molar-refractivity contribution < 1.29 is 14.0 Å². The van der Waals surface area contributed by atoms with E-state index >= 15 is 0 Å². The lowest BCUT2D eigenvalue weighted by molar-refractivity contribution is -0.132. The van der Waals surface area contributed by atoms with Gasteiger partial charge in [0.2, 0.25) is 11.8 Å². The summed E-state index contributed by atoms with van der Waals surface area (Å²) in [7, 11) is 0. The van der Waals surface area contributed by atoms with Crippen molar-refractivity contribution in [2.24, 2.45) is 0 Å². The summed E-state index contributed by atoms with van der Waals surface area (Å²) < 4.78 is 13.2. The maximum atomic E-state index is 13.2. The summed E-state index contributed by atoms with van der Waals surface area (Å²) in [5.74, 6) is -0.491. The van der Waals surface area contributed by atoms with Gasteiger partial charge in [-0.05, 0) is 47.0 Å². The predicted octanol–water partition coefficient (Wildman–Crippen LogP) is 3.38. The fraction of sp³-hybridized carbons (Fsp3) is 0.280. The minimum Gasteiger partial charge on any atom is -0.370 e. The van der Waals surface area contributed by atoms with E-state index < -0.39 is 0 Å². The van der Waals surface area contributed by atoms with Gasteiger partial charge in [0.05, 0.1) is 13.0 Å². The third-order valence-electron chi connectivity index (χ3n) is 5.71. The third-order valence-corrected chi connectivity index (χ3v) is 5.71. The molecule has 0 spiro atoms. The number of hydrogen-bond acceptors (Lipinski definition) is 3. The summed E-state index contributed by atoms with van der Waals surface area (Å²) in [5.41, 5.74) is 1.91. The van der Waals surface area contributed by atoms with E-state index in [0.29, 0.717) is 19.6 Å². The summed E-state index contributed by atoms with van der Waals surface area (Å²) in [4.78, 5) is 29.1. The number of anilines is 1. The Kier molecular flexibility index (Phi) is 6.46. The highest BCUT2D eigenvalue weighted by Crippen LogP contribution is 2.19. The van der Waals surface area contributed by atoms with E-state index in [1.165, 1.54) is 12.1 Å². The monoisotopic (exact) mass is 419 g/mol. The Labute approximate surface area is 181 Å². The molecular formula is C25H26FN3O2. The molecule has 5 nitrogen and oxygen atoms in total. The number of carbonyl (C=O) groups excluding carboxylic acids is 2. The Morgan fingerprint density at radius 1 is 0.871 bits per heavy atom. The molecule has 31 heavy (non-hydrogen) atoms. The van der Waals surface area contributed by atoms with Crippen LogP contribution in [0.25, 0.3) is 10.8 Å². The number of rotatable bonds is 5. The van der Waals surface area contributed by atoms with Crippen LogP contribution < -0.4 is 10.2 Å². The molecule has 0 radical (unpaired) electrons. The van der Waals surface area contributed by atoms with Crippen LogP contribution in [-0.2, 0) is 16.0 Å². The Hall–Kier alpha value is -3.41. The van der Waals surface area contributed by atoms with E-state index in [0.717, 1.165) is 35.0 Å². The number of fused-ring (bicyclic) bond motifs is 1. The second kappa shape index (κ2) is 9.60. The Bertz CT molecular complexity index is 1060. The summed E-state index contributed by atoms with van der Waals surface area (Å²) in [5, 5.41) is 4.93. The standard InChI is InChI=1S/C25H26FN3O2/c26-21-9-11-22(12-10-21)28-13-4-14-29(16-15-28)25(31)18-27-24(30)17-20-7-3-6-19-5-1-2-8-23(19)20/h1-3,5-12H,4,13-18H2,(H,27,30). The number of carbonyl (C=O) groups is 2. The average molecular weight is 420 g/mol. The van der Waals surface area contributed by atoms with Crippen molar-refractivity contribution in [2.75, 3.05) is 37.6 Å². The zero-order chi connectivity index (χ0) is 21.6. The van der Waals surface area contributed by atoms with Gasteiger partial charge in [-0.15, -0.1) is 0 Å². The van der Waals surface area contributed by atoms with E-state index in [-0.39, 0.29) is 30.6 Å². The van der Waals surface area contributed by atoms with Crippen LogP contribution in [0, 0.1) is 5.82 Å². The van der Waals surface area contributed by atoms with Crippen molar-refractivity contribution in [3.8, 4) is 0 Å². The van der Waals surface area contributed by atoms with Crippen LogP contribution in [0.4, 0.5) is 10.1 Å². The van der Waals surface area contributed by atoms with Crippen LogP contribution >= 0.6 is 0 Å². The van der Waals surface area contributed by atoms with Gasteiger partial charge in [0.1, 0.15) is 5.82 Å². The molecule has 0 saturated carbocycles. The molecule has 1 heterocycles. The second-order valence-electron chi connectivity index (χ2n) is 7.79. The first-order valence-corrected chi connectivity index (χ1v) is 10.6. The van der Waals surface area contributed by atoms with Crippen LogP contribution in [0.2, 0.25) is 0 Å². The average Bonchev–Trinajstić information content (AvgIpc) is 3.05. The number of halogens is 1. The van der Waals surface area contributed by atoms with Crippen LogP contribution in [0.3, 0.4) is 0 Å². The number of benzene rings is 3. The van der Waals surface area contributed by atoms with E-state index in [1.807, 2.05) is 42.5 Å². The van der Waals surface area contributed by atoms with Gasteiger partial charge in [0.25, 0.3) is 0 Å². The molecule has 0 bridgehead atoms. The number of nitrogens with one attached hydrogen (secondary N) is 1. The summed E-state index contributed by atoms with van der Waals surface area (Å²) in [6.45, 7) is 2.72. The Morgan fingerprint density at radius 3 is 2.48 bits per heavy atom. The lowest BCUT2D eigenvalue weighted by atomic mass is 10.0. The molecular weight excluding hydrogens is 393 g/mol. The van der Waals surface area contributed by atoms with Crippen molar-refractivity contribution in [3.63, 3.8) is 0 Å². The first kappa shape index (κ1) is 20.8. The summed E-state index contributed by atoms with van der Waals surface area (Å²) in [6.07, 6.45) is 1.07. The quantitative estimate of drug-likeness (QED) is 0.690. The molecule has 0 unspecified atom stereocenters. The highest BCUT2D eigenvalue weighted by Gasteiger charge is 2.20. The molecule has 1 aliphatic heterocycles. The van der Waals surface area contributed by atoms with Crippen LogP contribution in [0.15, 0.2) is 66.7 Å². The van der Waals surface area contributed by atoms with Crippen LogP contribution in [-0.4, -0.2) is 49.4 Å². The molecule has 1 fully saturated rings. The molecule has 0 atom stereocenters. The molecule has 0 aliphatic carbocycles.